The van der Waals surface area contributed by atoms with Crippen molar-refractivity contribution in [2.24, 2.45) is 0 Å². The minimum atomic E-state index is 0.763. The molecule has 20 heavy (non-hydrogen) atoms. The minimum absolute atomic E-state index is 0.763. The van der Waals surface area contributed by atoms with E-state index in [1.165, 1.54) is 5.56 Å². The number of aromatic nitrogens is 2. The van der Waals surface area contributed by atoms with Gasteiger partial charge in [-0.15, -0.1) is 0 Å². The Hall–Kier alpha value is -2.59. The van der Waals surface area contributed by atoms with Crippen LogP contribution in [0.2, 0.25) is 0 Å². The smallest absolute Gasteiger partial charge is 0.0991 e. The summed E-state index contributed by atoms with van der Waals surface area (Å²) >= 11 is 0. The molecule has 2 aromatic carbocycles. The van der Waals surface area contributed by atoms with Crippen LogP contribution >= 0.6 is 0 Å². The maximum Gasteiger partial charge on any atom is 0.0991 e. The zero-order valence-electron chi connectivity index (χ0n) is 11.0. The molecule has 100 valence electrons. The van der Waals surface area contributed by atoms with E-state index in [1.54, 1.807) is 12.5 Å². The highest BCUT2D eigenvalue weighted by Gasteiger charge is 1.96. The molecule has 0 saturated heterocycles. The van der Waals surface area contributed by atoms with Crippen molar-refractivity contribution in [2.45, 2.75) is 6.54 Å². The molecule has 4 heteroatoms. The monoisotopic (exact) mass is 264 g/mol. The molecule has 1 heterocycles. The second-order valence-corrected chi connectivity index (χ2v) is 4.48. The molecule has 0 aliphatic rings. The fraction of sp³-hybridized carbons (Fsp3) is 0.0625. The van der Waals surface area contributed by atoms with Crippen molar-refractivity contribution < 1.29 is 0 Å². The van der Waals surface area contributed by atoms with Crippen molar-refractivity contribution >= 4 is 5.69 Å². The van der Waals surface area contributed by atoms with Crippen LogP contribution in [0.4, 0.5) is 5.69 Å². The maximum absolute atomic E-state index is 4.04. The van der Waals surface area contributed by atoms with Gasteiger partial charge in [-0.2, -0.15) is 0 Å². The summed E-state index contributed by atoms with van der Waals surface area (Å²) in [6, 6.07) is 18.4. The summed E-state index contributed by atoms with van der Waals surface area (Å²) in [6.45, 7) is 0.763. The number of hydrogen-bond donors (Lipinski definition) is 2. The number of nitrogens with zero attached hydrogens (tertiary/aromatic N) is 2. The average molecular weight is 264 g/mol. The van der Waals surface area contributed by atoms with Crippen LogP contribution in [-0.4, -0.2) is 9.55 Å². The van der Waals surface area contributed by atoms with Crippen molar-refractivity contribution in [1.29, 1.82) is 0 Å². The Morgan fingerprint density at radius 1 is 0.950 bits per heavy atom. The van der Waals surface area contributed by atoms with E-state index in [9.17, 15) is 0 Å². The third-order valence-electron chi connectivity index (χ3n) is 3.04. The van der Waals surface area contributed by atoms with Gasteiger partial charge in [-0.05, 0) is 29.8 Å². The van der Waals surface area contributed by atoms with Gasteiger partial charge in [-0.1, -0.05) is 30.3 Å². The summed E-state index contributed by atoms with van der Waals surface area (Å²) in [4.78, 5) is 4.04. The first kappa shape index (κ1) is 12.4. The topological polar surface area (TPSA) is 41.9 Å². The number of nitrogens with one attached hydrogen (secondary N) is 2. The van der Waals surface area contributed by atoms with E-state index in [0.29, 0.717) is 0 Å². The lowest BCUT2D eigenvalue weighted by atomic mass is 10.2. The molecule has 3 rings (SSSR count). The second kappa shape index (κ2) is 6.04. The fourth-order valence-corrected chi connectivity index (χ4v) is 1.97. The first-order valence-corrected chi connectivity index (χ1v) is 6.53. The van der Waals surface area contributed by atoms with Gasteiger partial charge in [0.1, 0.15) is 0 Å². The Balaban J connectivity index is 1.56. The highest BCUT2D eigenvalue weighted by Crippen LogP contribution is 2.09. The van der Waals surface area contributed by atoms with Crippen molar-refractivity contribution in [2.75, 3.05) is 5.43 Å². The van der Waals surface area contributed by atoms with Gasteiger partial charge in [0.15, 0.2) is 0 Å². The molecule has 0 radical (unpaired) electrons. The van der Waals surface area contributed by atoms with E-state index in [2.05, 4.69) is 40.1 Å². The Kier molecular flexibility index (Phi) is 3.76. The highest BCUT2D eigenvalue weighted by atomic mass is 15.3. The predicted molar refractivity (Wildman–Crippen MR) is 80.5 cm³/mol. The molecule has 0 atom stereocenters. The van der Waals surface area contributed by atoms with Crippen molar-refractivity contribution in [1.82, 2.24) is 15.0 Å². The molecule has 2 N–H and O–H groups in total. The minimum Gasteiger partial charge on any atom is -0.321 e. The van der Waals surface area contributed by atoms with Crippen molar-refractivity contribution in [3.8, 4) is 5.69 Å². The second-order valence-electron chi connectivity index (χ2n) is 4.48. The SMILES string of the molecule is c1ccc(NNCc2ccc(-n3ccnc3)cc2)cc1. The van der Waals surface area contributed by atoms with Crippen LogP contribution in [0.15, 0.2) is 73.3 Å². The Bertz CT molecular complexity index is 630. The van der Waals surface area contributed by atoms with Gasteiger partial charge in [-0.25, -0.2) is 10.4 Å². The van der Waals surface area contributed by atoms with Crippen LogP contribution in [-0.2, 0) is 6.54 Å². The van der Waals surface area contributed by atoms with Gasteiger partial charge in [0.05, 0.1) is 6.33 Å². The number of benzene rings is 2. The average Bonchev–Trinajstić information content (AvgIpc) is 3.03. The Morgan fingerprint density at radius 3 is 2.45 bits per heavy atom. The number of anilines is 1. The molecule has 4 nitrogen and oxygen atoms in total. The van der Waals surface area contributed by atoms with Gasteiger partial charge < -0.3 is 9.99 Å². The standard InChI is InChI=1S/C16H16N4/c1-2-4-15(5-3-1)19-18-12-14-6-8-16(9-7-14)20-11-10-17-13-20/h1-11,13,18-19H,12H2. The number of hydrogen-bond acceptors (Lipinski definition) is 3. The maximum atomic E-state index is 4.04. The molecule has 0 amide bonds. The molecular weight excluding hydrogens is 248 g/mol. The predicted octanol–water partition coefficient (Wildman–Crippen LogP) is 2.99. The quantitative estimate of drug-likeness (QED) is 0.696. The summed E-state index contributed by atoms with van der Waals surface area (Å²) in [6.07, 6.45) is 5.51. The number of hydrazine groups is 1. The van der Waals surface area contributed by atoms with Crippen LogP contribution in [0, 0.1) is 0 Å². The van der Waals surface area contributed by atoms with Crippen LogP contribution < -0.4 is 10.9 Å². The molecular formula is C16H16N4. The lowest BCUT2D eigenvalue weighted by Crippen LogP contribution is -2.20. The number of imidazole rings is 1. The van der Waals surface area contributed by atoms with Gasteiger partial charge >= 0.3 is 0 Å². The van der Waals surface area contributed by atoms with E-state index in [-0.39, 0.29) is 0 Å². The van der Waals surface area contributed by atoms with Gasteiger partial charge in [-0.3, -0.25) is 0 Å². The summed E-state index contributed by atoms with van der Waals surface area (Å²) < 4.78 is 1.99. The van der Waals surface area contributed by atoms with E-state index in [1.807, 2.05) is 41.1 Å². The van der Waals surface area contributed by atoms with E-state index in [4.69, 9.17) is 0 Å². The zero-order chi connectivity index (χ0) is 13.6. The molecule has 3 aromatic rings. The molecule has 0 fully saturated rings. The van der Waals surface area contributed by atoms with Gasteiger partial charge in [0.2, 0.25) is 0 Å². The normalized spacial score (nSPS) is 10.4. The van der Waals surface area contributed by atoms with Crippen LogP contribution in [0.3, 0.4) is 0 Å². The summed E-state index contributed by atoms with van der Waals surface area (Å²) in [5.74, 6) is 0. The largest absolute Gasteiger partial charge is 0.321 e. The summed E-state index contributed by atoms with van der Waals surface area (Å²) in [5.41, 5.74) is 9.76. The third-order valence-corrected chi connectivity index (χ3v) is 3.04. The van der Waals surface area contributed by atoms with E-state index >= 15 is 0 Å². The zero-order valence-corrected chi connectivity index (χ0v) is 11.0. The number of para-hydroxylation sites is 1. The lowest BCUT2D eigenvalue weighted by molar-refractivity contribution is 0.801. The lowest BCUT2D eigenvalue weighted by Gasteiger charge is -2.09. The molecule has 0 unspecified atom stereocenters. The third kappa shape index (κ3) is 3.05. The van der Waals surface area contributed by atoms with Crippen LogP contribution in [0.1, 0.15) is 5.56 Å². The fourth-order valence-electron chi connectivity index (χ4n) is 1.97. The van der Waals surface area contributed by atoms with Gasteiger partial charge in [0.25, 0.3) is 0 Å². The first-order chi connectivity index (χ1) is 9.92. The molecule has 1 aromatic heterocycles. The van der Waals surface area contributed by atoms with E-state index < -0.39 is 0 Å². The highest BCUT2D eigenvalue weighted by molar-refractivity contribution is 5.41. The summed E-state index contributed by atoms with van der Waals surface area (Å²) in [5, 5.41) is 0. The van der Waals surface area contributed by atoms with Gasteiger partial charge in [0, 0.05) is 30.3 Å². The molecule has 0 saturated carbocycles. The van der Waals surface area contributed by atoms with Crippen LogP contribution in [0.5, 0.6) is 0 Å². The van der Waals surface area contributed by atoms with Crippen LogP contribution in [0.25, 0.3) is 5.69 Å². The molecule has 0 spiro atoms. The first-order valence-electron chi connectivity index (χ1n) is 6.53. The molecule has 0 aliphatic heterocycles. The van der Waals surface area contributed by atoms with Crippen molar-refractivity contribution in [3.63, 3.8) is 0 Å². The molecule has 0 aliphatic carbocycles. The summed E-state index contributed by atoms with van der Waals surface area (Å²) in [7, 11) is 0. The van der Waals surface area contributed by atoms with E-state index in [0.717, 1.165) is 17.9 Å². The molecule has 0 bridgehead atoms. The van der Waals surface area contributed by atoms with Crippen molar-refractivity contribution in [3.05, 3.63) is 78.9 Å². The number of rotatable bonds is 5. The Morgan fingerprint density at radius 2 is 1.75 bits per heavy atom. The Labute approximate surface area is 118 Å².